The number of hydrogen-bond acceptors (Lipinski definition) is 1. The molecule has 0 heterocycles. The molecule has 0 unspecified atom stereocenters. The molecule has 0 amide bonds. The van der Waals surface area contributed by atoms with Crippen molar-refractivity contribution in [2.24, 2.45) is 4.99 Å². The lowest BCUT2D eigenvalue weighted by atomic mass is 9.97. The highest BCUT2D eigenvalue weighted by Crippen LogP contribution is 2.30. The van der Waals surface area contributed by atoms with Crippen molar-refractivity contribution < 1.29 is 0 Å². The van der Waals surface area contributed by atoms with E-state index in [9.17, 15) is 0 Å². The second-order valence-electron chi connectivity index (χ2n) is 4.74. The van der Waals surface area contributed by atoms with Crippen LogP contribution in [0.3, 0.4) is 0 Å². The van der Waals surface area contributed by atoms with Crippen LogP contribution in [-0.4, -0.2) is 12.8 Å². The molecule has 18 heavy (non-hydrogen) atoms. The van der Waals surface area contributed by atoms with Crippen LogP contribution in [0.2, 0.25) is 0 Å². The lowest BCUT2D eigenvalue weighted by Gasteiger charge is -2.08. The van der Waals surface area contributed by atoms with Gasteiger partial charge in [-0.1, -0.05) is 49.8 Å². The monoisotopic (exact) mass is 239 g/mol. The molecule has 1 aliphatic carbocycles. The van der Waals surface area contributed by atoms with Crippen molar-refractivity contribution >= 4 is 11.8 Å². The number of unbranched alkanes of at least 4 members (excludes halogenated alkanes) is 1. The predicted molar refractivity (Wildman–Crippen MR) is 80.2 cm³/mol. The molecule has 0 aliphatic heterocycles. The molecule has 0 N–H and O–H groups in total. The Hall–Kier alpha value is -1.63. The lowest BCUT2D eigenvalue weighted by Crippen LogP contribution is -1.93. The van der Waals surface area contributed by atoms with E-state index >= 15 is 0 Å². The van der Waals surface area contributed by atoms with Crippen LogP contribution in [0.15, 0.2) is 47.0 Å². The van der Waals surface area contributed by atoms with Gasteiger partial charge in [0.1, 0.15) is 0 Å². The SMILES string of the molecule is CCCCN=Cc1ccccc1C1=C(C)C=CC1. The van der Waals surface area contributed by atoms with Gasteiger partial charge in [-0.2, -0.15) is 0 Å². The number of benzene rings is 1. The van der Waals surface area contributed by atoms with Crippen LogP contribution in [0.25, 0.3) is 5.57 Å². The maximum Gasteiger partial charge on any atom is 0.0389 e. The molecule has 1 aromatic rings. The van der Waals surface area contributed by atoms with Crippen LogP contribution >= 0.6 is 0 Å². The second kappa shape index (κ2) is 6.34. The van der Waals surface area contributed by atoms with Crippen LogP contribution in [0, 0.1) is 0 Å². The average molecular weight is 239 g/mol. The topological polar surface area (TPSA) is 12.4 Å². The van der Waals surface area contributed by atoms with Gasteiger partial charge in [-0.15, -0.1) is 0 Å². The third kappa shape index (κ3) is 2.98. The Morgan fingerprint density at radius 1 is 1.28 bits per heavy atom. The molecule has 0 atom stereocenters. The zero-order valence-electron chi connectivity index (χ0n) is 11.3. The summed E-state index contributed by atoms with van der Waals surface area (Å²) in [6.07, 6.45) is 9.89. The van der Waals surface area contributed by atoms with Crippen molar-refractivity contribution in [3.05, 3.63) is 53.1 Å². The van der Waals surface area contributed by atoms with E-state index in [0.29, 0.717) is 0 Å². The average Bonchev–Trinajstić information content (AvgIpc) is 2.81. The molecule has 0 aromatic heterocycles. The Kier molecular flexibility index (Phi) is 4.52. The molecule has 2 rings (SSSR count). The van der Waals surface area contributed by atoms with Crippen LogP contribution in [0.4, 0.5) is 0 Å². The summed E-state index contributed by atoms with van der Waals surface area (Å²) < 4.78 is 0. The minimum absolute atomic E-state index is 0.932. The predicted octanol–water partition coefficient (Wildman–Crippen LogP) is 4.64. The first kappa shape index (κ1) is 12.8. The van der Waals surface area contributed by atoms with Gasteiger partial charge in [0.2, 0.25) is 0 Å². The van der Waals surface area contributed by atoms with E-state index in [1.54, 1.807) is 0 Å². The molecule has 1 aliphatic rings. The largest absolute Gasteiger partial charge is 0.293 e. The molecule has 1 nitrogen and oxygen atoms in total. The highest BCUT2D eigenvalue weighted by atomic mass is 14.7. The maximum atomic E-state index is 4.52. The summed E-state index contributed by atoms with van der Waals surface area (Å²) in [5.74, 6) is 0. The van der Waals surface area contributed by atoms with Crippen molar-refractivity contribution in [1.29, 1.82) is 0 Å². The van der Waals surface area contributed by atoms with Crippen molar-refractivity contribution in [3.63, 3.8) is 0 Å². The molecular formula is C17H21N. The highest BCUT2D eigenvalue weighted by Gasteiger charge is 2.10. The molecule has 0 radical (unpaired) electrons. The summed E-state index contributed by atoms with van der Waals surface area (Å²) in [6, 6.07) is 8.55. The summed E-state index contributed by atoms with van der Waals surface area (Å²) in [7, 11) is 0. The zero-order chi connectivity index (χ0) is 12.8. The van der Waals surface area contributed by atoms with E-state index in [0.717, 1.165) is 13.0 Å². The van der Waals surface area contributed by atoms with Crippen LogP contribution < -0.4 is 0 Å². The van der Waals surface area contributed by atoms with Gasteiger partial charge in [0.05, 0.1) is 0 Å². The van der Waals surface area contributed by atoms with Gasteiger partial charge in [-0.3, -0.25) is 4.99 Å². The number of allylic oxidation sites excluding steroid dienone is 4. The molecule has 1 heteroatoms. The Balaban J connectivity index is 2.21. The maximum absolute atomic E-state index is 4.52. The summed E-state index contributed by atoms with van der Waals surface area (Å²) in [6.45, 7) is 5.31. The van der Waals surface area contributed by atoms with Crippen molar-refractivity contribution in [3.8, 4) is 0 Å². The van der Waals surface area contributed by atoms with Crippen LogP contribution in [-0.2, 0) is 0 Å². The minimum Gasteiger partial charge on any atom is -0.293 e. The lowest BCUT2D eigenvalue weighted by molar-refractivity contribution is 0.810. The number of nitrogens with zero attached hydrogens (tertiary/aromatic N) is 1. The van der Waals surface area contributed by atoms with Gasteiger partial charge in [0.15, 0.2) is 0 Å². The molecule has 0 fully saturated rings. The minimum atomic E-state index is 0.932. The van der Waals surface area contributed by atoms with Crippen LogP contribution in [0.1, 0.15) is 44.2 Å². The van der Waals surface area contributed by atoms with Gasteiger partial charge in [0, 0.05) is 12.8 Å². The van der Waals surface area contributed by atoms with Gasteiger partial charge in [0.25, 0.3) is 0 Å². The zero-order valence-corrected chi connectivity index (χ0v) is 11.3. The van der Waals surface area contributed by atoms with E-state index in [1.807, 2.05) is 6.21 Å². The van der Waals surface area contributed by atoms with Gasteiger partial charge in [-0.25, -0.2) is 0 Å². The Labute approximate surface area is 110 Å². The molecule has 0 spiro atoms. The molecule has 0 bridgehead atoms. The van der Waals surface area contributed by atoms with Crippen molar-refractivity contribution in [2.45, 2.75) is 33.1 Å². The summed E-state index contributed by atoms with van der Waals surface area (Å²) in [5, 5.41) is 0. The van der Waals surface area contributed by atoms with Gasteiger partial charge >= 0.3 is 0 Å². The molecule has 0 saturated carbocycles. The van der Waals surface area contributed by atoms with E-state index in [4.69, 9.17) is 0 Å². The fraction of sp³-hybridized carbons (Fsp3) is 0.353. The number of aliphatic imine (C=N–C) groups is 1. The first-order chi connectivity index (χ1) is 8.83. The summed E-state index contributed by atoms with van der Waals surface area (Å²) in [4.78, 5) is 4.52. The van der Waals surface area contributed by atoms with E-state index < -0.39 is 0 Å². The number of hydrogen-bond donors (Lipinski definition) is 0. The normalized spacial score (nSPS) is 15.0. The van der Waals surface area contributed by atoms with E-state index in [1.165, 1.54) is 35.1 Å². The number of rotatable bonds is 5. The molecular weight excluding hydrogens is 218 g/mol. The first-order valence-electron chi connectivity index (χ1n) is 6.78. The van der Waals surface area contributed by atoms with Crippen molar-refractivity contribution in [1.82, 2.24) is 0 Å². The molecule has 0 saturated heterocycles. The van der Waals surface area contributed by atoms with E-state index in [2.05, 4.69) is 55.3 Å². The van der Waals surface area contributed by atoms with Crippen LogP contribution in [0.5, 0.6) is 0 Å². The Morgan fingerprint density at radius 3 is 2.83 bits per heavy atom. The Morgan fingerprint density at radius 2 is 2.11 bits per heavy atom. The highest BCUT2D eigenvalue weighted by molar-refractivity contribution is 5.90. The Bertz CT molecular complexity index is 492. The summed E-state index contributed by atoms with van der Waals surface area (Å²) >= 11 is 0. The molecule has 1 aromatic carbocycles. The van der Waals surface area contributed by atoms with Gasteiger partial charge < -0.3 is 0 Å². The fourth-order valence-corrected chi connectivity index (χ4v) is 2.23. The quantitative estimate of drug-likeness (QED) is 0.524. The van der Waals surface area contributed by atoms with E-state index in [-0.39, 0.29) is 0 Å². The smallest absolute Gasteiger partial charge is 0.0389 e. The third-order valence-electron chi connectivity index (χ3n) is 3.32. The van der Waals surface area contributed by atoms with Gasteiger partial charge in [-0.05, 0) is 42.0 Å². The molecule has 94 valence electrons. The standard InChI is InChI=1S/C17H21N/c1-3-4-12-18-13-15-9-5-6-10-17(15)16-11-7-8-14(16)2/h5-10,13H,3-4,11-12H2,1-2H3. The first-order valence-corrected chi connectivity index (χ1v) is 6.78. The second-order valence-corrected chi connectivity index (χ2v) is 4.74. The summed E-state index contributed by atoms with van der Waals surface area (Å²) in [5.41, 5.74) is 5.39. The third-order valence-corrected chi connectivity index (χ3v) is 3.32. The van der Waals surface area contributed by atoms with Crippen molar-refractivity contribution in [2.75, 3.05) is 6.54 Å². The fourth-order valence-electron chi connectivity index (χ4n) is 2.23.